The number of carboxylic acid groups (broad SMARTS) is 1. The van der Waals surface area contributed by atoms with Crippen LogP contribution < -0.4 is 56.5 Å². The van der Waals surface area contributed by atoms with E-state index in [2.05, 4.69) is 0 Å². The van der Waals surface area contributed by atoms with Crippen LogP contribution in [0.15, 0.2) is 0 Å². The van der Waals surface area contributed by atoms with Crippen molar-refractivity contribution in [2.24, 2.45) is 0 Å². The molecule has 0 fully saturated rings. The largest absolute Gasteiger partial charge is 1.00 e. The molecule has 0 radical (unpaired) electrons. The number of hydrogen-bond donors (Lipinski definition) is 0. The van der Waals surface area contributed by atoms with Gasteiger partial charge in [-0.1, -0.05) is 0 Å². The molecule has 0 aliphatic heterocycles. The Bertz CT molecular complexity index is 64.0. The van der Waals surface area contributed by atoms with Crippen molar-refractivity contribution in [1.29, 1.82) is 0 Å². The molecule has 0 rings (SSSR count). The van der Waals surface area contributed by atoms with Crippen LogP contribution in [-0.4, -0.2) is 11.3 Å². The Labute approximate surface area is 89.7 Å². The maximum absolute atomic E-state index is 9.46. The number of carboxylic acids is 1. The van der Waals surface area contributed by atoms with Crippen molar-refractivity contribution in [2.75, 3.05) is 0 Å². The molecule has 0 saturated heterocycles. The summed E-state index contributed by atoms with van der Waals surface area (Å²) in [5.41, 5.74) is 0. The van der Waals surface area contributed by atoms with Crippen molar-refractivity contribution in [3.8, 4) is 0 Å². The maximum atomic E-state index is 9.46. The Kier molecular flexibility index (Phi) is 8.87. The number of hydrogen-bond acceptors (Lipinski definition) is 2. The van der Waals surface area contributed by atoms with Crippen molar-refractivity contribution in [3.05, 3.63) is 0 Å². The second kappa shape index (κ2) is 5.53. The van der Waals surface area contributed by atoms with Gasteiger partial charge in [0, 0.05) is 0 Å². The maximum Gasteiger partial charge on any atom is 1.00 e. The van der Waals surface area contributed by atoms with E-state index in [0.29, 0.717) is 0 Å². The number of rotatable bonds is 1. The van der Waals surface area contributed by atoms with Crippen molar-refractivity contribution >= 4 is 17.6 Å². The molecule has 0 amide bonds. The van der Waals surface area contributed by atoms with Gasteiger partial charge < -0.3 is 9.90 Å². The number of carbonyl (C=O) groups is 1. The van der Waals surface area contributed by atoms with Gasteiger partial charge in [0.05, 0.1) is 11.3 Å². The SMILES string of the molecule is C[C@@H](Cl)C(=O)[O-].[K+]. The molecule has 0 bridgehead atoms. The third kappa shape index (κ3) is 7.40. The van der Waals surface area contributed by atoms with Crippen molar-refractivity contribution < 1.29 is 61.3 Å². The summed E-state index contributed by atoms with van der Waals surface area (Å²) in [7, 11) is 0. The van der Waals surface area contributed by atoms with Gasteiger partial charge in [-0.25, -0.2) is 0 Å². The smallest absolute Gasteiger partial charge is 0.549 e. The Morgan fingerprint density at radius 2 is 2.00 bits per heavy atom. The van der Waals surface area contributed by atoms with Crippen LogP contribution in [0.5, 0.6) is 0 Å². The van der Waals surface area contributed by atoms with Crippen molar-refractivity contribution in [1.82, 2.24) is 0 Å². The summed E-state index contributed by atoms with van der Waals surface area (Å²) in [6.07, 6.45) is 0. The van der Waals surface area contributed by atoms with Crippen LogP contribution >= 0.6 is 11.6 Å². The fraction of sp³-hybridized carbons (Fsp3) is 0.667. The fourth-order valence-electron chi connectivity index (χ4n) is 0. The van der Waals surface area contributed by atoms with Gasteiger partial charge in [-0.15, -0.1) is 11.6 Å². The minimum atomic E-state index is -1.23. The predicted octanol–water partition coefficient (Wildman–Crippen LogP) is -3.63. The summed E-state index contributed by atoms with van der Waals surface area (Å²) in [4.78, 5) is 9.46. The van der Waals surface area contributed by atoms with E-state index < -0.39 is 11.3 Å². The van der Waals surface area contributed by atoms with Gasteiger partial charge in [0.25, 0.3) is 0 Å². The van der Waals surface area contributed by atoms with E-state index in [0.717, 1.165) is 0 Å². The molecule has 2 nitrogen and oxygen atoms in total. The zero-order chi connectivity index (χ0) is 5.15. The van der Waals surface area contributed by atoms with Crippen LogP contribution in [0.4, 0.5) is 0 Å². The summed E-state index contributed by atoms with van der Waals surface area (Å²) in [6, 6.07) is 0. The number of aliphatic carboxylic acids is 1. The molecule has 0 saturated carbocycles. The first-order chi connectivity index (χ1) is 2.64. The van der Waals surface area contributed by atoms with Gasteiger partial charge >= 0.3 is 51.4 Å². The molecule has 0 aromatic rings. The first kappa shape index (κ1) is 11.2. The van der Waals surface area contributed by atoms with Gasteiger partial charge in [-0.3, -0.25) is 0 Å². The van der Waals surface area contributed by atoms with E-state index in [1.54, 1.807) is 0 Å². The molecule has 7 heavy (non-hydrogen) atoms. The van der Waals surface area contributed by atoms with Crippen LogP contribution in [-0.2, 0) is 4.79 Å². The summed E-state index contributed by atoms with van der Waals surface area (Å²) in [5.74, 6) is -1.23. The molecule has 0 aromatic carbocycles. The second-order valence-electron chi connectivity index (χ2n) is 0.935. The molecule has 0 unspecified atom stereocenters. The van der Waals surface area contributed by atoms with Crippen molar-refractivity contribution in [3.63, 3.8) is 0 Å². The Morgan fingerprint density at radius 3 is 2.00 bits per heavy atom. The standard InChI is InChI=1S/C3H5ClO2.K/c1-2(4)3(5)6;/h2H,1H3,(H,5,6);/q;+1/p-1/t2-;/m1./s1. The minimum Gasteiger partial charge on any atom is -0.549 e. The van der Waals surface area contributed by atoms with E-state index in [9.17, 15) is 9.90 Å². The van der Waals surface area contributed by atoms with Crippen molar-refractivity contribution in [2.45, 2.75) is 12.3 Å². The van der Waals surface area contributed by atoms with Gasteiger partial charge in [0.2, 0.25) is 0 Å². The van der Waals surface area contributed by atoms with E-state index in [4.69, 9.17) is 11.6 Å². The molecule has 0 aliphatic carbocycles. The first-order valence-electron chi connectivity index (χ1n) is 1.49. The summed E-state index contributed by atoms with van der Waals surface area (Å²) in [5, 5.41) is 8.59. The third-order valence-electron chi connectivity index (χ3n) is 0.325. The molecule has 1 atom stereocenters. The minimum absolute atomic E-state index is 0. The predicted molar refractivity (Wildman–Crippen MR) is 20.3 cm³/mol. The summed E-state index contributed by atoms with van der Waals surface area (Å²) < 4.78 is 0. The summed E-state index contributed by atoms with van der Waals surface area (Å²) in [6.45, 7) is 1.34. The Morgan fingerprint density at radius 1 is 1.86 bits per heavy atom. The van der Waals surface area contributed by atoms with Gasteiger partial charge in [-0.05, 0) is 6.92 Å². The zero-order valence-corrected chi connectivity index (χ0v) is 8.15. The average molecular weight is 147 g/mol. The molecule has 0 aliphatic rings. The number of carbonyl (C=O) groups excluding carboxylic acids is 1. The molecule has 4 heteroatoms. The van der Waals surface area contributed by atoms with Gasteiger partial charge in [-0.2, -0.15) is 0 Å². The molecule has 0 N–H and O–H groups in total. The van der Waals surface area contributed by atoms with E-state index in [1.165, 1.54) is 6.92 Å². The number of halogens is 1. The summed E-state index contributed by atoms with van der Waals surface area (Å²) >= 11 is 4.95. The normalized spacial score (nSPS) is 11.7. The Hall–Kier alpha value is 1.40. The Balaban J connectivity index is 0. The molecule has 0 heterocycles. The molecule has 0 aromatic heterocycles. The molecule has 0 spiro atoms. The van der Waals surface area contributed by atoms with E-state index in [1.807, 2.05) is 0 Å². The van der Waals surface area contributed by atoms with Crippen LogP contribution in [0.25, 0.3) is 0 Å². The second-order valence-corrected chi connectivity index (χ2v) is 1.59. The average Bonchev–Trinajstić information content (AvgIpc) is 1.36. The van der Waals surface area contributed by atoms with Gasteiger partial charge in [0.1, 0.15) is 0 Å². The fourth-order valence-corrected chi connectivity index (χ4v) is 0. The van der Waals surface area contributed by atoms with E-state index in [-0.39, 0.29) is 51.4 Å². The molecule has 36 valence electrons. The van der Waals surface area contributed by atoms with Crippen LogP contribution in [0, 0.1) is 0 Å². The first-order valence-corrected chi connectivity index (χ1v) is 1.93. The topological polar surface area (TPSA) is 40.1 Å². The van der Waals surface area contributed by atoms with Crippen LogP contribution in [0.2, 0.25) is 0 Å². The third-order valence-corrected chi connectivity index (χ3v) is 0.503. The molecular weight excluding hydrogens is 143 g/mol. The number of alkyl halides is 1. The zero-order valence-electron chi connectivity index (χ0n) is 4.27. The monoisotopic (exact) mass is 146 g/mol. The van der Waals surface area contributed by atoms with Crippen LogP contribution in [0.1, 0.15) is 6.92 Å². The van der Waals surface area contributed by atoms with Gasteiger partial charge in [0.15, 0.2) is 0 Å². The van der Waals surface area contributed by atoms with Crippen LogP contribution in [0.3, 0.4) is 0 Å². The van der Waals surface area contributed by atoms with E-state index >= 15 is 0 Å². The quantitative estimate of drug-likeness (QED) is 0.283. The molecular formula is C3H4ClKO2.